The third-order valence-electron chi connectivity index (χ3n) is 4.83. The zero-order valence-corrected chi connectivity index (χ0v) is 27.1. The van der Waals surface area contributed by atoms with Gasteiger partial charge < -0.3 is 20.4 Å². The van der Waals surface area contributed by atoms with Crippen molar-refractivity contribution in [1.29, 1.82) is 0 Å². The molecule has 41 heavy (non-hydrogen) atoms. The Morgan fingerprint density at radius 2 is 0.537 bits per heavy atom. The summed E-state index contributed by atoms with van der Waals surface area (Å²) in [6.07, 6.45) is 0. The molecule has 8 nitrogen and oxygen atoms in total. The largest absolute Gasteiger partial charge is 4.00 e. The van der Waals surface area contributed by atoms with Crippen molar-refractivity contribution in [3.63, 3.8) is 0 Å². The third-order valence-corrected chi connectivity index (χ3v) is 4.83. The Hall–Kier alpha value is -3.92. The maximum absolute atomic E-state index is 10.7. The number of hydrogen-bond donors (Lipinski definition) is 0. The molecule has 0 saturated heterocycles. The van der Waals surface area contributed by atoms with E-state index in [1.165, 1.54) is 48.5 Å². The van der Waals surface area contributed by atoms with Gasteiger partial charge in [0.15, 0.2) is 21.7 Å². The molecule has 0 radical (unpaired) electrons. The van der Waals surface area contributed by atoms with E-state index in [2.05, 4.69) is 0 Å². The smallest absolute Gasteiger partial charge is 0.870 e. The number of hydrogen-bond acceptors (Lipinski definition) is 8. The summed E-state index contributed by atoms with van der Waals surface area (Å²) in [5.74, 6) is -1.77. The fraction of sp³-hybridized carbons (Fsp3) is 0.125. The van der Waals surface area contributed by atoms with Crippen molar-refractivity contribution < 1.29 is 60.4 Å². The maximum atomic E-state index is 10.7. The average Bonchev–Trinajstić information content (AvgIpc) is 3.26. The van der Waals surface area contributed by atoms with Crippen LogP contribution in [0.3, 0.4) is 0 Å². The molecule has 0 unspecified atom stereocenters. The van der Waals surface area contributed by atoms with Crippen LogP contribution in [-0.4, -0.2) is 0 Å². The summed E-state index contributed by atoms with van der Waals surface area (Å²) < 4.78 is 0. The standard InChI is InChI=1S/4C8H8O2.Th/c4*1-6-3-2-4-7(9)8(10)5-6;/h4*2-5H,1H3,(H,9,10);/q;;;;+4/p-4. The van der Waals surface area contributed by atoms with E-state index < -0.39 is 44.7 Å². The normalized spacial score (nSPS) is 9.07. The SMILES string of the molecule is Cc1cccc(=O)c([O-])c1.Cc1cccc(=O)c([O-])c1.Cc1cccc(=O)c([O-])c1.Cc1cccc(=O)c([O-])c1.[Th+4]. The van der Waals surface area contributed by atoms with Gasteiger partial charge in [0, 0.05) is 0 Å². The molecule has 9 heteroatoms. The van der Waals surface area contributed by atoms with Gasteiger partial charge in [0.25, 0.3) is 0 Å². The Bertz CT molecular complexity index is 1420. The van der Waals surface area contributed by atoms with E-state index in [-0.39, 0.29) is 39.9 Å². The average molecular weight is 773 g/mol. The Labute approximate surface area is 269 Å². The summed E-state index contributed by atoms with van der Waals surface area (Å²) in [4.78, 5) is 42.6. The van der Waals surface area contributed by atoms with E-state index >= 15 is 0 Å². The van der Waals surface area contributed by atoms with Crippen molar-refractivity contribution in [2.24, 2.45) is 0 Å². The van der Waals surface area contributed by atoms with Crippen molar-refractivity contribution in [3.05, 3.63) is 160 Å². The molecule has 4 rings (SSSR count). The molecule has 0 bridgehead atoms. The summed E-state index contributed by atoms with van der Waals surface area (Å²) in [6, 6.07) is 23.7. The van der Waals surface area contributed by atoms with Crippen LogP contribution in [0.2, 0.25) is 0 Å². The molecule has 208 valence electrons. The third kappa shape index (κ3) is 15.5. The predicted molar refractivity (Wildman–Crippen MR) is 148 cm³/mol. The minimum absolute atomic E-state index is 0. The number of rotatable bonds is 0. The van der Waals surface area contributed by atoms with Gasteiger partial charge in [-0.3, -0.25) is 19.2 Å². The molecular formula is C32H28O8Th. The van der Waals surface area contributed by atoms with Gasteiger partial charge in [0.05, 0.1) is 0 Å². The zero-order chi connectivity index (χ0) is 30.2. The Morgan fingerprint density at radius 3 is 0.707 bits per heavy atom. The van der Waals surface area contributed by atoms with Crippen LogP contribution in [0.25, 0.3) is 0 Å². The van der Waals surface area contributed by atoms with Crippen LogP contribution in [0.1, 0.15) is 22.3 Å². The summed E-state index contributed by atoms with van der Waals surface area (Å²) in [6.45, 7) is 7.11. The Morgan fingerprint density at radius 1 is 0.366 bits per heavy atom. The molecule has 0 aliphatic heterocycles. The van der Waals surface area contributed by atoms with E-state index in [0.717, 1.165) is 22.3 Å². The second-order valence-corrected chi connectivity index (χ2v) is 8.57. The minimum Gasteiger partial charge on any atom is -0.870 e. The van der Waals surface area contributed by atoms with Gasteiger partial charge in [-0.2, -0.15) is 0 Å². The number of aryl methyl sites for hydroxylation is 4. The van der Waals surface area contributed by atoms with Crippen molar-refractivity contribution in [1.82, 2.24) is 0 Å². The first-order valence-electron chi connectivity index (χ1n) is 11.9. The van der Waals surface area contributed by atoms with Crippen molar-refractivity contribution in [2.45, 2.75) is 27.7 Å². The van der Waals surface area contributed by atoms with Crippen LogP contribution in [0, 0.1) is 67.6 Å². The van der Waals surface area contributed by atoms with Crippen molar-refractivity contribution in [2.75, 3.05) is 0 Å². The maximum Gasteiger partial charge on any atom is 4.00 e. The minimum atomic E-state index is -0.451. The van der Waals surface area contributed by atoms with Gasteiger partial charge in [0.1, 0.15) is 0 Å². The molecule has 0 fully saturated rings. The van der Waals surface area contributed by atoms with Gasteiger partial charge >= 0.3 is 39.9 Å². The van der Waals surface area contributed by atoms with Gasteiger partial charge in [-0.05, 0) is 52.0 Å². The van der Waals surface area contributed by atoms with Crippen LogP contribution in [0.15, 0.2) is 116 Å². The molecular weight excluding hydrogens is 744 g/mol. The van der Waals surface area contributed by atoms with Crippen LogP contribution >= 0.6 is 0 Å². The molecule has 0 saturated carbocycles. The van der Waals surface area contributed by atoms with Gasteiger partial charge in [-0.15, -0.1) is 0 Å². The van der Waals surface area contributed by atoms with E-state index in [1.54, 1.807) is 76.2 Å². The molecule has 0 atom stereocenters. The van der Waals surface area contributed by atoms with Gasteiger partial charge in [-0.1, -0.05) is 118 Å². The van der Waals surface area contributed by atoms with E-state index in [0.29, 0.717) is 0 Å². The predicted octanol–water partition coefficient (Wildman–Crippen LogP) is 1.72. The van der Waals surface area contributed by atoms with E-state index in [4.69, 9.17) is 0 Å². The van der Waals surface area contributed by atoms with E-state index in [9.17, 15) is 39.6 Å². The second kappa shape index (κ2) is 19.2. The quantitative estimate of drug-likeness (QED) is 0.261. The molecule has 0 aromatic heterocycles. The molecule has 0 spiro atoms. The molecule has 4 aromatic carbocycles. The molecule has 0 heterocycles. The molecule has 0 aliphatic carbocycles. The zero-order valence-electron chi connectivity index (χ0n) is 23.0. The topological polar surface area (TPSA) is 161 Å². The fourth-order valence-electron chi connectivity index (χ4n) is 2.78. The molecule has 4 aromatic rings. The van der Waals surface area contributed by atoms with Crippen LogP contribution < -0.4 is 42.1 Å². The molecule has 0 aliphatic rings. The van der Waals surface area contributed by atoms with Crippen molar-refractivity contribution in [3.8, 4) is 23.0 Å². The summed E-state index contributed by atoms with van der Waals surface area (Å²) in [7, 11) is 0. The summed E-state index contributed by atoms with van der Waals surface area (Å²) in [5, 5.41) is 42.9. The fourth-order valence-corrected chi connectivity index (χ4v) is 2.78. The van der Waals surface area contributed by atoms with Crippen LogP contribution in [0.5, 0.6) is 23.0 Å². The Balaban J connectivity index is 0.000000516. The molecule has 0 amide bonds. The molecule has 0 N–H and O–H groups in total. The van der Waals surface area contributed by atoms with Crippen LogP contribution in [-0.2, 0) is 0 Å². The van der Waals surface area contributed by atoms with Gasteiger partial charge in [0.2, 0.25) is 0 Å². The second-order valence-electron chi connectivity index (χ2n) is 8.57. The monoisotopic (exact) mass is 772 g/mol. The Kier molecular flexibility index (Phi) is 17.4. The van der Waals surface area contributed by atoms with E-state index in [1.807, 2.05) is 0 Å². The summed E-state index contributed by atoms with van der Waals surface area (Å²) in [5.41, 5.74) is 1.45. The first kappa shape index (κ1) is 37.1. The first-order valence-corrected chi connectivity index (χ1v) is 11.9. The van der Waals surface area contributed by atoms with Crippen LogP contribution in [0.4, 0.5) is 0 Å². The first-order chi connectivity index (χ1) is 18.8. The summed E-state index contributed by atoms with van der Waals surface area (Å²) >= 11 is 0. The van der Waals surface area contributed by atoms with Crippen molar-refractivity contribution >= 4 is 0 Å². The van der Waals surface area contributed by atoms with Gasteiger partial charge in [-0.25, -0.2) is 0 Å².